The van der Waals surface area contributed by atoms with E-state index in [1.807, 2.05) is 12.4 Å². The van der Waals surface area contributed by atoms with Gasteiger partial charge in [0, 0.05) is 32.0 Å². The van der Waals surface area contributed by atoms with Gasteiger partial charge in [-0.1, -0.05) is 19.8 Å². The van der Waals surface area contributed by atoms with Crippen molar-refractivity contribution in [2.75, 3.05) is 13.6 Å². The van der Waals surface area contributed by atoms with Gasteiger partial charge in [-0.25, -0.2) is 4.98 Å². The highest BCUT2D eigenvalue weighted by Gasteiger charge is 2.28. The molecule has 1 aromatic heterocycles. The van der Waals surface area contributed by atoms with Crippen molar-refractivity contribution in [2.24, 2.45) is 24.6 Å². The standard InChI is InChI=1S/C15H28N4/c1-12-5-4-6-13(9-12)14(10-16)19(3)11-15-17-7-8-18(15)2/h7-8,12-14H,4-6,9-11,16H2,1-3H3. The van der Waals surface area contributed by atoms with Crippen LogP contribution in [0.4, 0.5) is 0 Å². The second-order valence-corrected chi connectivity index (χ2v) is 6.20. The number of nitrogens with two attached hydrogens (primary N) is 1. The average molecular weight is 264 g/mol. The van der Waals surface area contributed by atoms with Crippen molar-refractivity contribution in [2.45, 2.75) is 45.2 Å². The van der Waals surface area contributed by atoms with Crippen LogP contribution in [0.5, 0.6) is 0 Å². The zero-order valence-electron chi connectivity index (χ0n) is 12.5. The van der Waals surface area contributed by atoms with Crippen LogP contribution in [0.25, 0.3) is 0 Å². The Morgan fingerprint density at radius 3 is 2.89 bits per heavy atom. The predicted molar refractivity (Wildman–Crippen MR) is 78.6 cm³/mol. The topological polar surface area (TPSA) is 47.1 Å². The van der Waals surface area contributed by atoms with Gasteiger partial charge in [-0.15, -0.1) is 0 Å². The minimum Gasteiger partial charge on any atom is -0.337 e. The fraction of sp³-hybridized carbons (Fsp3) is 0.800. The molecule has 0 saturated heterocycles. The van der Waals surface area contributed by atoms with Crippen LogP contribution in [-0.2, 0) is 13.6 Å². The summed E-state index contributed by atoms with van der Waals surface area (Å²) in [4.78, 5) is 6.81. The van der Waals surface area contributed by atoms with Gasteiger partial charge in [0.2, 0.25) is 0 Å². The maximum Gasteiger partial charge on any atom is 0.122 e. The average Bonchev–Trinajstić information content (AvgIpc) is 2.76. The molecule has 108 valence electrons. The first-order chi connectivity index (χ1) is 9.11. The molecular formula is C15H28N4. The SMILES string of the molecule is CC1CCCC(C(CN)N(C)Cc2nccn2C)C1. The Balaban J connectivity index is 1.98. The minimum atomic E-state index is 0.486. The monoisotopic (exact) mass is 264 g/mol. The van der Waals surface area contributed by atoms with Crippen LogP contribution in [0, 0.1) is 11.8 Å². The Morgan fingerprint density at radius 2 is 2.32 bits per heavy atom. The molecule has 0 amide bonds. The Kier molecular flexibility index (Phi) is 4.99. The molecule has 3 unspecified atom stereocenters. The minimum absolute atomic E-state index is 0.486. The Bertz CT molecular complexity index is 387. The normalized spacial score (nSPS) is 25.7. The highest BCUT2D eigenvalue weighted by Crippen LogP contribution is 2.32. The number of hydrogen-bond acceptors (Lipinski definition) is 3. The highest BCUT2D eigenvalue weighted by molar-refractivity contribution is 4.93. The number of nitrogens with zero attached hydrogens (tertiary/aromatic N) is 3. The number of rotatable bonds is 5. The summed E-state index contributed by atoms with van der Waals surface area (Å²) in [7, 11) is 4.24. The summed E-state index contributed by atoms with van der Waals surface area (Å²) in [6.45, 7) is 4.01. The van der Waals surface area contributed by atoms with Gasteiger partial charge >= 0.3 is 0 Å². The Hall–Kier alpha value is -0.870. The lowest BCUT2D eigenvalue weighted by atomic mass is 9.78. The molecule has 0 spiro atoms. The first-order valence-corrected chi connectivity index (χ1v) is 7.48. The molecular weight excluding hydrogens is 236 g/mol. The van der Waals surface area contributed by atoms with Crippen molar-refractivity contribution in [3.8, 4) is 0 Å². The summed E-state index contributed by atoms with van der Waals surface area (Å²) >= 11 is 0. The third-order valence-electron chi connectivity index (χ3n) is 4.64. The van der Waals surface area contributed by atoms with E-state index in [1.54, 1.807) is 0 Å². The van der Waals surface area contributed by atoms with E-state index in [1.165, 1.54) is 25.7 Å². The van der Waals surface area contributed by atoms with Crippen molar-refractivity contribution >= 4 is 0 Å². The summed E-state index contributed by atoms with van der Waals surface area (Å²) in [5.74, 6) is 2.72. The van der Waals surface area contributed by atoms with Gasteiger partial charge in [-0.3, -0.25) is 4.90 Å². The largest absolute Gasteiger partial charge is 0.337 e. The van der Waals surface area contributed by atoms with E-state index in [9.17, 15) is 0 Å². The van der Waals surface area contributed by atoms with Crippen LogP contribution in [0.15, 0.2) is 12.4 Å². The fourth-order valence-corrected chi connectivity index (χ4v) is 3.45. The molecule has 1 aliphatic carbocycles. The Labute approximate surface area is 117 Å². The zero-order valence-corrected chi connectivity index (χ0v) is 12.5. The Morgan fingerprint density at radius 1 is 1.53 bits per heavy atom. The van der Waals surface area contributed by atoms with Crippen LogP contribution in [0.3, 0.4) is 0 Å². The predicted octanol–water partition coefficient (Wildman–Crippen LogP) is 2.01. The molecule has 2 rings (SSSR count). The van der Waals surface area contributed by atoms with Gasteiger partial charge in [0.1, 0.15) is 5.82 Å². The number of aromatic nitrogens is 2. The molecule has 0 radical (unpaired) electrons. The van der Waals surface area contributed by atoms with Gasteiger partial charge in [0.15, 0.2) is 0 Å². The first-order valence-electron chi connectivity index (χ1n) is 7.48. The molecule has 1 heterocycles. The van der Waals surface area contributed by atoms with Crippen molar-refractivity contribution in [3.05, 3.63) is 18.2 Å². The second kappa shape index (κ2) is 6.53. The lowest BCUT2D eigenvalue weighted by molar-refractivity contribution is 0.122. The van der Waals surface area contributed by atoms with E-state index in [4.69, 9.17) is 5.73 Å². The number of likely N-dealkylation sites (N-methyl/N-ethyl adjacent to an activating group) is 1. The van der Waals surface area contributed by atoms with Gasteiger partial charge in [-0.05, 0) is 31.7 Å². The van der Waals surface area contributed by atoms with E-state index in [0.29, 0.717) is 6.04 Å². The summed E-state index contributed by atoms with van der Waals surface area (Å²) in [5, 5.41) is 0. The molecule has 4 nitrogen and oxygen atoms in total. The van der Waals surface area contributed by atoms with E-state index in [0.717, 1.165) is 30.7 Å². The molecule has 1 fully saturated rings. The van der Waals surface area contributed by atoms with Crippen LogP contribution in [-0.4, -0.2) is 34.1 Å². The van der Waals surface area contributed by atoms with Crippen molar-refractivity contribution in [1.82, 2.24) is 14.5 Å². The van der Waals surface area contributed by atoms with Crippen molar-refractivity contribution in [1.29, 1.82) is 0 Å². The number of hydrogen-bond donors (Lipinski definition) is 1. The fourth-order valence-electron chi connectivity index (χ4n) is 3.45. The molecule has 1 aromatic rings. The molecule has 19 heavy (non-hydrogen) atoms. The third kappa shape index (κ3) is 3.57. The van der Waals surface area contributed by atoms with E-state index >= 15 is 0 Å². The molecule has 1 aliphatic rings. The number of imidazole rings is 1. The summed E-state index contributed by atoms with van der Waals surface area (Å²) in [6, 6.07) is 0.486. The molecule has 0 aliphatic heterocycles. The van der Waals surface area contributed by atoms with Gasteiger partial charge in [0.05, 0.1) is 6.54 Å². The van der Waals surface area contributed by atoms with Crippen LogP contribution < -0.4 is 5.73 Å². The van der Waals surface area contributed by atoms with E-state index in [2.05, 4.69) is 35.5 Å². The van der Waals surface area contributed by atoms with Crippen molar-refractivity contribution in [3.63, 3.8) is 0 Å². The lowest BCUT2D eigenvalue weighted by Gasteiger charge is -2.37. The maximum absolute atomic E-state index is 6.05. The zero-order chi connectivity index (χ0) is 13.8. The highest BCUT2D eigenvalue weighted by atomic mass is 15.2. The summed E-state index contributed by atoms with van der Waals surface area (Å²) < 4.78 is 2.09. The quantitative estimate of drug-likeness (QED) is 0.885. The third-order valence-corrected chi connectivity index (χ3v) is 4.64. The van der Waals surface area contributed by atoms with Crippen LogP contribution in [0.1, 0.15) is 38.4 Å². The van der Waals surface area contributed by atoms with Gasteiger partial charge < -0.3 is 10.3 Å². The van der Waals surface area contributed by atoms with Crippen LogP contribution in [0.2, 0.25) is 0 Å². The van der Waals surface area contributed by atoms with E-state index < -0.39 is 0 Å². The molecule has 2 N–H and O–H groups in total. The van der Waals surface area contributed by atoms with Crippen LogP contribution >= 0.6 is 0 Å². The lowest BCUT2D eigenvalue weighted by Crippen LogP contribution is -2.44. The molecule has 1 saturated carbocycles. The first kappa shape index (κ1) is 14.5. The van der Waals surface area contributed by atoms with Crippen molar-refractivity contribution < 1.29 is 0 Å². The van der Waals surface area contributed by atoms with Gasteiger partial charge in [0.25, 0.3) is 0 Å². The summed E-state index contributed by atoms with van der Waals surface area (Å²) in [5.41, 5.74) is 6.05. The maximum atomic E-state index is 6.05. The van der Waals surface area contributed by atoms with E-state index in [-0.39, 0.29) is 0 Å². The molecule has 0 bridgehead atoms. The smallest absolute Gasteiger partial charge is 0.122 e. The second-order valence-electron chi connectivity index (χ2n) is 6.20. The molecule has 0 aromatic carbocycles. The number of aryl methyl sites for hydroxylation is 1. The summed E-state index contributed by atoms with van der Waals surface area (Å²) in [6.07, 6.45) is 9.27. The molecule has 3 atom stereocenters. The molecule has 4 heteroatoms. The van der Waals surface area contributed by atoms with Gasteiger partial charge in [-0.2, -0.15) is 0 Å².